The highest BCUT2D eigenvalue weighted by Crippen LogP contribution is 2.33. The monoisotopic (exact) mass is 539 g/mol. The number of nitrogens with one attached hydrogen (secondary N) is 1. The van der Waals surface area contributed by atoms with Gasteiger partial charge in [0.25, 0.3) is 5.91 Å². The van der Waals surface area contributed by atoms with Gasteiger partial charge in [0, 0.05) is 68.3 Å². The van der Waals surface area contributed by atoms with Gasteiger partial charge in [-0.3, -0.25) is 4.79 Å². The number of nitrogens with zero attached hydrogens (tertiary/aromatic N) is 6. The minimum atomic E-state index is 0.0390. The van der Waals surface area contributed by atoms with Crippen LogP contribution in [0, 0.1) is 13.8 Å². The maximum absolute atomic E-state index is 12.9. The summed E-state index contributed by atoms with van der Waals surface area (Å²) in [5.74, 6) is 0.0390. The average molecular weight is 540 g/mol. The molecule has 4 aromatic rings. The molecule has 1 N–H and O–H groups in total. The summed E-state index contributed by atoms with van der Waals surface area (Å²) in [7, 11) is 8.15. The van der Waals surface area contributed by atoms with Crippen molar-refractivity contribution in [2.75, 3.05) is 72.4 Å². The lowest BCUT2D eigenvalue weighted by Gasteiger charge is -2.36. The summed E-state index contributed by atoms with van der Waals surface area (Å²) in [6.07, 6.45) is 4.74. The number of rotatable bonds is 8. The Morgan fingerprint density at radius 3 is 2.27 bits per heavy atom. The van der Waals surface area contributed by atoms with Crippen LogP contribution in [-0.4, -0.2) is 103 Å². The quantitative estimate of drug-likeness (QED) is 0.351. The fourth-order valence-corrected chi connectivity index (χ4v) is 5.62. The molecular formula is C32H41N7O. The van der Waals surface area contributed by atoms with Crippen molar-refractivity contribution in [3.8, 4) is 22.4 Å². The predicted octanol–water partition coefficient (Wildman–Crippen LogP) is 4.68. The second-order valence-corrected chi connectivity index (χ2v) is 11.4. The maximum Gasteiger partial charge on any atom is 0.253 e. The normalized spacial score (nSPS) is 14.3. The first-order valence-electron chi connectivity index (χ1n) is 14.1. The number of aromatic amines is 1. The first-order valence-corrected chi connectivity index (χ1v) is 14.1. The van der Waals surface area contributed by atoms with Crippen molar-refractivity contribution in [1.29, 1.82) is 0 Å². The van der Waals surface area contributed by atoms with Crippen molar-refractivity contribution in [2.45, 2.75) is 20.3 Å². The number of fused-ring (bicyclic) bond motifs is 1. The van der Waals surface area contributed by atoms with E-state index >= 15 is 0 Å². The number of likely N-dealkylation sites (N-methyl/N-ethyl adjacent to an activating group) is 1. The first-order chi connectivity index (χ1) is 19.2. The van der Waals surface area contributed by atoms with Gasteiger partial charge in [0.2, 0.25) is 0 Å². The van der Waals surface area contributed by atoms with E-state index in [1.54, 1.807) is 4.90 Å². The van der Waals surface area contributed by atoms with Gasteiger partial charge in [-0.05, 0) is 88.9 Å². The molecule has 0 spiro atoms. The van der Waals surface area contributed by atoms with E-state index < -0.39 is 0 Å². The Bertz CT molecular complexity index is 1460. The van der Waals surface area contributed by atoms with E-state index in [9.17, 15) is 4.79 Å². The van der Waals surface area contributed by atoms with Gasteiger partial charge in [0.1, 0.15) is 5.52 Å². The van der Waals surface area contributed by atoms with Crippen LogP contribution in [0.15, 0.2) is 48.8 Å². The average Bonchev–Trinajstić information content (AvgIpc) is 3.36. The first kappa shape index (κ1) is 27.8. The van der Waals surface area contributed by atoms with Crippen LogP contribution in [0.3, 0.4) is 0 Å². The summed E-state index contributed by atoms with van der Waals surface area (Å²) in [5.41, 5.74) is 10.1. The molecule has 0 aliphatic carbocycles. The van der Waals surface area contributed by atoms with Crippen LogP contribution < -0.4 is 4.90 Å². The lowest BCUT2D eigenvalue weighted by molar-refractivity contribution is 0.0790. The smallest absolute Gasteiger partial charge is 0.253 e. The number of hydrogen-bond donors (Lipinski definition) is 1. The van der Waals surface area contributed by atoms with Crippen molar-refractivity contribution >= 4 is 22.8 Å². The summed E-state index contributed by atoms with van der Waals surface area (Å²) in [5, 5.41) is 0. The van der Waals surface area contributed by atoms with E-state index in [2.05, 4.69) is 52.7 Å². The van der Waals surface area contributed by atoms with Crippen LogP contribution in [0.25, 0.3) is 33.5 Å². The third-order valence-electron chi connectivity index (χ3n) is 7.88. The Morgan fingerprint density at radius 1 is 0.950 bits per heavy atom. The standard InChI is InChI=1S/C32H41N7O/c1-22-18-26(19-23(2)30(22)39-16-14-37(5)15-17-39)28-21-34-31-29(35-28)27(20-33-31)24-8-10-25(11-9-24)32(40)38(6)13-7-12-36(3)4/h8-11,18-21H,7,12-17H2,1-6H3,(H,33,34). The Labute approximate surface area is 237 Å². The summed E-state index contributed by atoms with van der Waals surface area (Å²) >= 11 is 0. The highest BCUT2D eigenvalue weighted by Gasteiger charge is 2.19. The molecule has 1 saturated heterocycles. The van der Waals surface area contributed by atoms with Gasteiger partial charge in [-0.25, -0.2) is 9.97 Å². The summed E-state index contributed by atoms with van der Waals surface area (Å²) in [4.78, 5) is 34.7. The molecule has 3 heterocycles. The summed E-state index contributed by atoms with van der Waals surface area (Å²) in [6.45, 7) is 10.3. The van der Waals surface area contributed by atoms with Crippen molar-refractivity contribution in [3.63, 3.8) is 0 Å². The van der Waals surface area contributed by atoms with E-state index in [1.807, 2.05) is 57.8 Å². The minimum absolute atomic E-state index is 0.0390. The van der Waals surface area contributed by atoms with E-state index in [-0.39, 0.29) is 5.91 Å². The van der Waals surface area contributed by atoms with Gasteiger partial charge in [-0.2, -0.15) is 0 Å². The van der Waals surface area contributed by atoms with Gasteiger partial charge in [-0.1, -0.05) is 12.1 Å². The van der Waals surface area contributed by atoms with Gasteiger partial charge in [0.15, 0.2) is 5.65 Å². The minimum Gasteiger partial charge on any atom is -0.369 e. The van der Waals surface area contributed by atoms with Gasteiger partial charge in [-0.15, -0.1) is 0 Å². The number of piperazine rings is 1. The fourth-order valence-electron chi connectivity index (χ4n) is 5.62. The molecule has 1 fully saturated rings. The van der Waals surface area contributed by atoms with E-state index in [4.69, 9.17) is 9.97 Å². The molecule has 0 bridgehead atoms. The molecule has 0 saturated carbocycles. The zero-order valence-electron chi connectivity index (χ0n) is 24.7. The van der Waals surface area contributed by atoms with Crippen LogP contribution in [0.1, 0.15) is 27.9 Å². The molecular weight excluding hydrogens is 498 g/mol. The molecule has 0 atom stereocenters. The Hall–Kier alpha value is -3.75. The molecule has 0 unspecified atom stereocenters. The molecule has 5 rings (SSSR count). The van der Waals surface area contributed by atoms with E-state index in [1.165, 1.54) is 16.8 Å². The number of aromatic nitrogens is 3. The number of benzene rings is 2. The largest absolute Gasteiger partial charge is 0.369 e. The Kier molecular flexibility index (Phi) is 8.19. The van der Waals surface area contributed by atoms with Crippen LogP contribution in [-0.2, 0) is 0 Å². The zero-order valence-corrected chi connectivity index (χ0v) is 24.7. The fraction of sp³-hybridized carbons (Fsp3) is 0.406. The molecule has 8 heteroatoms. The van der Waals surface area contributed by atoms with Crippen molar-refractivity contribution in [3.05, 3.63) is 65.5 Å². The summed E-state index contributed by atoms with van der Waals surface area (Å²) < 4.78 is 0. The Morgan fingerprint density at radius 2 is 1.62 bits per heavy atom. The topological polar surface area (TPSA) is 71.6 Å². The van der Waals surface area contributed by atoms with E-state index in [0.29, 0.717) is 5.56 Å². The Balaban J connectivity index is 1.38. The number of carbonyl (C=O) groups is 1. The molecule has 1 aliphatic heterocycles. The number of amides is 1. The van der Waals surface area contributed by atoms with Crippen molar-refractivity contribution in [1.82, 2.24) is 29.7 Å². The SMILES string of the molecule is Cc1cc(-c2cnc3[nH]cc(-c4ccc(C(=O)N(C)CCCN(C)C)cc4)c3n2)cc(C)c1N1CCN(C)CC1. The molecule has 2 aromatic carbocycles. The molecule has 0 radical (unpaired) electrons. The lowest BCUT2D eigenvalue weighted by Crippen LogP contribution is -2.45. The van der Waals surface area contributed by atoms with Crippen molar-refractivity contribution < 1.29 is 4.79 Å². The second-order valence-electron chi connectivity index (χ2n) is 11.4. The highest BCUT2D eigenvalue weighted by atomic mass is 16.2. The molecule has 210 valence electrons. The predicted molar refractivity (Wildman–Crippen MR) is 164 cm³/mol. The van der Waals surface area contributed by atoms with Gasteiger partial charge in [0.05, 0.1) is 11.9 Å². The molecule has 40 heavy (non-hydrogen) atoms. The number of H-pyrrole nitrogens is 1. The van der Waals surface area contributed by atoms with Crippen molar-refractivity contribution in [2.24, 2.45) is 0 Å². The molecule has 1 amide bonds. The number of anilines is 1. The van der Waals surface area contributed by atoms with Gasteiger partial charge < -0.3 is 24.6 Å². The molecule has 2 aromatic heterocycles. The number of aryl methyl sites for hydroxylation is 2. The maximum atomic E-state index is 12.9. The lowest BCUT2D eigenvalue weighted by atomic mass is 10.0. The van der Waals surface area contributed by atoms with Crippen LogP contribution in [0.4, 0.5) is 5.69 Å². The van der Waals surface area contributed by atoms with E-state index in [0.717, 1.165) is 79.2 Å². The summed E-state index contributed by atoms with van der Waals surface area (Å²) in [6, 6.07) is 12.3. The second kappa shape index (κ2) is 11.8. The zero-order chi connectivity index (χ0) is 28.4. The highest BCUT2D eigenvalue weighted by molar-refractivity contribution is 5.96. The van der Waals surface area contributed by atoms with Crippen LogP contribution in [0.5, 0.6) is 0 Å². The third kappa shape index (κ3) is 5.88. The third-order valence-corrected chi connectivity index (χ3v) is 7.88. The van der Waals surface area contributed by atoms with Crippen LogP contribution >= 0.6 is 0 Å². The van der Waals surface area contributed by atoms with Gasteiger partial charge >= 0.3 is 0 Å². The number of hydrogen-bond acceptors (Lipinski definition) is 6. The number of carbonyl (C=O) groups excluding carboxylic acids is 1. The molecule has 8 nitrogen and oxygen atoms in total. The van der Waals surface area contributed by atoms with Crippen LogP contribution in [0.2, 0.25) is 0 Å². The molecule has 1 aliphatic rings.